The van der Waals surface area contributed by atoms with Crippen molar-refractivity contribution < 1.29 is 4.79 Å². The Bertz CT molecular complexity index is 975. The third kappa shape index (κ3) is 4.39. The average molecular weight is 376 g/mol. The first-order chi connectivity index (χ1) is 13.1. The highest BCUT2D eigenvalue weighted by Crippen LogP contribution is 2.27. The highest BCUT2D eigenvalue weighted by Gasteiger charge is 2.19. The zero-order valence-corrected chi connectivity index (χ0v) is 16.1. The SMILES string of the molecule is Cc1c(C#N)c(NC(=O)CSc2ccccn2)n(Cc2ccccc2)c1C. The van der Waals surface area contributed by atoms with Gasteiger partial charge in [-0.25, -0.2) is 4.98 Å². The van der Waals surface area contributed by atoms with Crippen LogP contribution in [-0.4, -0.2) is 21.2 Å². The molecule has 1 aromatic carbocycles. The van der Waals surface area contributed by atoms with Crippen LogP contribution in [0.3, 0.4) is 0 Å². The van der Waals surface area contributed by atoms with Crippen molar-refractivity contribution in [3.05, 3.63) is 77.1 Å². The predicted molar refractivity (Wildman–Crippen MR) is 108 cm³/mol. The fourth-order valence-corrected chi connectivity index (χ4v) is 3.50. The molecule has 0 bridgehead atoms. The van der Waals surface area contributed by atoms with Crippen LogP contribution in [0.1, 0.15) is 22.4 Å². The quantitative estimate of drug-likeness (QED) is 0.656. The smallest absolute Gasteiger partial charge is 0.235 e. The van der Waals surface area contributed by atoms with Gasteiger partial charge in [-0.15, -0.1) is 0 Å². The molecule has 3 aromatic rings. The monoisotopic (exact) mass is 376 g/mol. The number of nitrogens with zero attached hydrogens (tertiary/aromatic N) is 3. The summed E-state index contributed by atoms with van der Waals surface area (Å²) in [5.74, 6) is 0.633. The predicted octanol–water partition coefficient (Wildman–Crippen LogP) is 4.15. The number of pyridine rings is 1. The number of carbonyl (C=O) groups excluding carboxylic acids is 1. The van der Waals surface area contributed by atoms with E-state index < -0.39 is 0 Å². The molecule has 27 heavy (non-hydrogen) atoms. The number of hydrogen-bond donors (Lipinski definition) is 1. The second kappa shape index (κ2) is 8.56. The van der Waals surface area contributed by atoms with Gasteiger partial charge < -0.3 is 9.88 Å². The maximum atomic E-state index is 12.5. The summed E-state index contributed by atoms with van der Waals surface area (Å²) in [4.78, 5) is 16.7. The van der Waals surface area contributed by atoms with Crippen LogP contribution in [0.25, 0.3) is 0 Å². The number of rotatable bonds is 6. The van der Waals surface area contributed by atoms with Crippen molar-refractivity contribution in [3.63, 3.8) is 0 Å². The van der Waals surface area contributed by atoms with Crippen molar-refractivity contribution in [2.45, 2.75) is 25.4 Å². The Morgan fingerprint density at radius 3 is 2.59 bits per heavy atom. The minimum atomic E-state index is -0.158. The van der Waals surface area contributed by atoms with E-state index >= 15 is 0 Å². The van der Waals surface area contributed by atoms with Crippen LogP contribution < -0.4 is 5.32 Å². The number of aromatic nitrogens is 2. The number of anilines is 1. The molecule has 6 heteroatoms. The molecule has 0 atom stereocenters. The van der Waals surface area contributed by atoms with Crippen molar-refractivity contribution >= 4 is 23.5 Å². The lowest BCUT2D eigenvalue weighted by molar-refractivity contribution is -0.113. The van der Waals surface area contributed by atoms with E-state index in [0.717, 1.165) is 21.8 Å². The lowest BCUT2D eigenvalue weighted by Crippen LogP contribution is -2.18. The van der Waals surface area contributed by atoms with Gasteiger partial charge in [-0.2, -0.15) is 5.26 Å². The summed E-state index contributed by atoms with van der Waals surface area (Å²) in [6.45, 7) is 4.48. The summed E-state index contributed by atoms with van der Waals surface area (Å²) in [6, 6.07) is 17.8. The van der Waals surface area contributed by atoms with Gasteiger partial charge in [-0.05, 0) is 37.1 Å². The fraction of sp³-hybridized carbons (Fsp3) is 0.190. The lowest BCUT2D eigenvalue weighted by atomic mass is 10.2. The first-order valence-corrected chi connectivity index (χ1v) is 9.56. The maximum Gasteiger partial charge on any atom is 0.235 e. The van der Waals surface area contributed by atoms with E-state index in [4.69, 9.17) is 0 Å². The molecule has 0 aliphatic carbocycles. The molecule has 0 radical (unpaired) electrons. The first-order valence-electron chi connectivity index (χ1n) is 8.57. The van der Waals surface area contributed by atoms with E-state index in [1.54, 1.807) is 6.20 Å². The Balaban J connectivity index is 1.82. The molecule has 1 N–H and O–H groups in total. The Morgan fingerprint density at radius 2 is 1.93 bits per heavy atom. The average Bonchev–Trinajstić information content (AvgIpc) is 2.92. The van der Waals surface area contributed by atoms with Crippen LogP contribution in [-0.2, 0) is 11.3 Å². The van der Waals surface area contributed by atoms with Crippen molar-refractivity contribution in [2.24, 2.45) is 0 Å². The van der Waals surface area contributed by atoms with Crippen LogP contribution in [0.4, 0.5) is 5.82 Å². The Morgan fingerprint density at radius 1 is 1.19 bits per heavy atom. The highest BCUT2D eigenvalue weighted by molar-refractivity contribution is 7.99. The zero-order chi connectivity index (χ0) is 19.2. The van der Waals surface area contributed by atoms with E-state index in [-0.39, 0.29) is 11.7 Å². The minimum Gasteiger partial charge on any atom is -0.326 e. The van der Waals surface area contributed by atoms with E-state index in [9.17, 15) is 10.1 Å². The molecule has 0 aliphatic heterocycles. The summed E-state index contributed by atoms with van der Waals surface area (Å²) in [7, 11) is 0. The minimum absolute atomic E-state index is 0.158. The standard InChI is InChI=1S/C21H20N4OS/c1-15-16(2)25(13-17-8-4-3-5-9-17)21(18(15)12-22)24-19(26)14-27-20-10-6-7-11-23-20/h3-11H,13-14H2,1-2H3,(H,24,26). The lowest BCUT2D eigenvalue weighted by Gasteiger charge is -2.13. The second-order valence-electron chi connectivity index (χ2n) is 6.12. The third-order valence-electron chi connectivity index (χ3n) is 4.37. The Labute approximate surface area is 163 Å². The van der Waals surface area contributed by atoms with Gasteiger partial charge in [0.25, 0.3) is 0 Å². The molecule has 0 unspecified atom stereocenters. The molecule has 3 rings (SSSR count). The van der Waals surface area contributed by atoms with Gasteiger partial charge in [-0.3, -0.25) is 4.79 Å². The van der Waals surface area contributed by atoms with Gasteiger partial charge in [0.2, 0.25) is 5.91 Å². The number of thioether (sulfide) groups is 1. The number of nitriles is 1. The number of nitrogens with one attached hydrogen (secondary N) is 1. The Hall–Kier alpha value is -3.04. The summed E-state index contributed by atoms with van der Waals surface area (Å²) >= 11 is 1.37. The fourth-order valence-electron chi connectivity index (χ4n) is 2.83. The van der Waals surface area contributed by atoms with E-state index in [2.05, 4.69) is 16.4 Å². The normalized spacial score (nSPS) is 10.4. The topological polar surface area (TPSA) is 70.7 Å². The second-order valence-corrected chi connectivity index (χ2v) is 7.12. The van der Waals surface area contributed by atoms with E-state index in [1.807, 2.05) is 66.9 Å². The number of carbonyl (C=O) groups is 1. The molecule has 0 aliphatic rings. The van der Waals surface area contributed by atoms with E-state index in [0.29, 0.717) is 17.9 Å². The molecule has 2 aromatic heterocycles. The van der Waals surface area contributed by atoms with Crippen LogP contribution in [0.15, 0.2) is 59.8 Å². The molecule has 0 spiro atoms. The molecule has 0 saturated carbocycles. The molecular weight excluding hydrogens is 356 g/mol. The van der Waals surface area contributed by atoms with Crippen LogP contribution in [0.2, 0.25) is 0 Å². The van der Waals surface area contributed by atoms with Crippen LogP contribution in [0.5, 0.6) is 0 Å². The highest BCUT2D eigenvalue weighted by atomic mass is 32.2. The molecule has 2 heterocycles. The largest absolute Gasteiger partial charge is 0.326 e. The first kappa shape index (κ1) is 18.7. The zero-order valence-electron chi connectivity index (χ0n) is 15.3. The van der Waals surface area contributed by atoms with Crippen molar-refractivity contribution in [1.29, 1.82) is 5.26 Å². The van der Waals surface area contributed by atoms with Crippen molar-refractivity contribution in [3.8, 4) is 6.07 Å². The molecule has 5 nitrogen and oxygen atoms in total. The number of amides is 1. The van der Waals surface area contributed by atoms with Gasteiger partial charge in [0, 0.05) is 18.4 Å². The Kier molecular flexibility index (Phi) is 5.94. The molecule has 1 amide bonds. The molecule has 136 valence electrons. The van der Waals surface area contributed by atoms with Gasteiger partial charge in [-0.1, -0.05) is 48.2 Å². The maximum absolute atomic E-state index is 12.5. The van der Waals surface area contributed by atoms with Gasteiger partial charge in [0.1, 0.15) is 11.9 Å². The third-order valence-corrected chi connectivity index (χ3v) is 5.32. The summed E-state index contributed by atoms with van der Waals surface area (Å²) < 4.78 is 1.99. The number of hydrogen-bond acceptors (Lipinski definition) is 4. The molecule has 0 fully saturated rings. The van der Waals surface area contributed by atoms with Gasteiger partial charge in [0.05, 0.1) is 16.3 Å². The van der Waals surface area contributed by atoms with Crippen molar-refractivity contribution in [2.75, 3.05) is 11.1 Å². The van der Waals surface area contributed by atoms with Gasteiger partial charge in [0.15, 0.2) is 0 Å². The summed E-state index contributed by atoms with van der Waals surface area (Å²) in [6.07, 6.45) is 1.70. The van der Waals surface area contributed by atoms with E-state index in [1.165, 1.54) is 11.8 Å². The van der Waals surface area contributed by atoms with Gasteiger partial charge >= 0.3 is 0 Å². The van der Waals surface area contributed by atoms with Crippen molar-refractivity contribution in [1.82, 2.24) is 9.55 Å². The number of benzene rings is 1. The molecular formula is C21H20N4OS. The van der Waals surface area contributed by atoms with Crippen LogP contribution >= 0.6 is 11.8 Å². The summed E-state index contributed by atoms with van der Waals surface area (Å²) in [5, 5.41) is 13.3. The molecule has 0 saturated heterocycles. The summed E-state index contributed by atoms with van der Waals surface area (Å²) in [5.41, 5.74) is 3.49. The van der Waals surface area contributed by atoms with Crippen LogP contribution in [0, 0.1) is 25.2 Å².